The molecule has 1 fully saturated rings. The molecule has 0 spiro atoms. The first kappa shape index (κ1) is 11.0. The number of nitrogens with zero attached hydrogens (tertiary/aromatic N) is 3. The molecule has 88 valence electrons. The van der Waals surface area contributed by atoms with Crippen molar-refractivity contribution in [1.29, 1.82) is 0 Å². The van der Waals surface area contributed by atoms with E-state index in [-0.39, 0.29) is 23.2 Å². The zero-order chi connectivity index (χ0) is 11.6. The SMILES string of the molecule is CC1(C)CCCCC1NC(=O)c1nn[nH]n1. The molecule has 16 heavy (non-hydrogen) atoms. The fourth-order valence-electron chi connectivity index (χ4n) is 2.24. The highest BCUT2D eigenvalue weighted by Gasteiger charge is 2.33. The summed E-state index contributed by atoms with van der Waals surface area (Å²) < 4.78 is 0. The topological polar surface area (TPSA) is 83.6 Å². The molecule has 0 saturated heterocycles. The van der Waals surface area contributed by atoms with Gasteiger partial charge in [0.1, 0.15) is 0 Å². The monoisotopic (exact) mass is 223 g/mol. The van der Waals surface area contributed by atoms with Crippen LogP contribution in [0.15, 0.2) is 0 Å². The van der Waals surface area contributed by atoms with E-state index in [9.17, 15) is 4.79 Å². The Balaban J connectivity index is 2.01. The van der Waals surface area contributed by atoms with E-state index in [0.29, 0.717) is 0 Å². The van der Waals surface area contributed by atoms with Crippen molar-refractivity contribution in [2.75, 3.05) is 0 Å². The lowest BCUT2D eigenvalue weighted by atomic mass is 9.73. The number of nitrogens with one attached hydrogen (secondary N) is 2. The van der Waals surface area contributed by atoms with Crippen molar-refractivity contribution in [3.05, 3.63) is 5.82 Å². The molecule has 0 aliphatic heterocycles. The van der Waals surface area contributed by atoms with Crippen LogP contribution in [0.25, 0.3) is 0 Å². The second-order valence-corrected chi connectivity index (χ2v) is 5.00. The molecule has 2 rings (SSSR count). The molecule has 0 radical (unpaired) electrons. The standard InChI is InChI=1S/C10H17N5O/c1-10(2)6-4-3-5-7(10)11-9(16)8-12-14-15-13-8/h7H,3-6H2,1-2H3,(H,11,16)(H,12,13,14,15). The first-order valence-electron chi connectivity index (χ1n) is 5.64. The first-order chi connectivity index (χ1) is 7.59. The molecular formula is C10H17N5O. The summed E-state index contributed by atoms with van der Waals surface area (Å²) in [5.41, 5.74) is 0.150. The predicted octanol–water partition coefficient (Wildman–Crippen LogP) is 0.898. The molecule has 1 amide bonds. The summed E-state index contributed by atoms with van der Waals surface area (Å²) in [5.74, 6) is -0.130. The smallest absolute Gasteiger partial charge is 0.293 e. The fraction of sp³-hybridized carbons (Fsp3) is 0.800. The van der Waals surface area contributed by atoms with Gasteiger partial charge in [-0.3, -0.25) is 4.79 Å². The van der Waals surface area contributed by atoms with Crippen molar-refractivity contribution in [3.63, 3.8) is 0 Å². The highest BCUT2D eigenvalue weighted by molar-refractivity contribution is 5.90. The molecule has 2 N–H and O–H groups in total. The summed E-state index contributed by atoms with van der Waals surface area (Å²) in [7, 11) is 0. The highest BCUT2D eigenvalue weighted by Crippen LogP contribution is 2.35. The lowest BCUT2D eigenvalue weighted by Gasteiger charge is -2.38. The minimum absolute atomic E-state index is 0.112. The molecule has 1 saturated carbocycles. The molecule has 6 nitrogen and oxygen atoms in total. The lowest BCUT2D eigenvalue weighted by Crippen LogP contribution is -2.47. The Kier molecular flexibility index (Phi) is 2.89. The zero-order valence-electron chi connectivity index (χ0n) is 9.66. The van der Waals surface area contributed by atoms with Crippen LogP contribution < -0.4 is 5.32 Å². The van der Waals surface area contributed by atoms with Gasteiger partial charge in [0.05, 0.1) is 0 Å². The van der Waals surface area contributed by atoms with Gasteiger partial charge in [0.25, 0.3) is 11.7 Å². The number of aromatic nitrogens is 4. The second kappa shape index (κ2) is 4.19. The Morgan fingerprint density at radius 1 is 1.50 bits per heavy atom. The zero-order valence-corrected chi connectivity index (χ0v) is 9.66. The molecule has 1 aliphatic carbocycles. The Labute approximate surface area is 94.2 Å². The number of carbonyl (C=O) groups excluding carboxylic acids is 1. The van der Waals surface area contributed by atoms with Crippen molar-refractivity contribution in [2.24, 2.45) is 5.41 Å². The molecule has 1 aromatic rings. The molecule has 0 bridgehead atoms. The molecule has 1 heterocycles. The van der Waals surface area contributed by atoms with E-state index >= 15 is 0 Å². The Bertz CT molecular complexity index is 359. The molecule has 1 aromatic heterocycles. The number of tetrazole rings is 1. The van der Waals surface area contributed by atoms with E-state index < -0.39 is 0 Å². The number of hydrogen-bond acceptors (Lipinski definition) is 4. The number of carbonyl (C=O) groups is 1. The number of rotatable bonds is 2. The van der Waals surface area contributed by atoms with Gasteiger partial charge in [0, 0.05) is 6.04 Å². The van der Waals surface area contributed by atoms with Crippen molar-refractivity contribution >= 4 is 5.91 Å². The number of aromatic amines is 1. The van der Waals surface area contributed by atoms with Crippen LogP contribution in [0.1, 0.15) is 50.1 Å². The van der Waals surface area contributed by atoms with E-state index in [1.54, 1.807) is 0 Å². The maximum atomic E-state index is 11.8. The molecule has 1 atom stereocenters. The van der Waals surface area contributed by atoms with Gasteiger partial charge in [-0.1, -0.05) is 26.7 Å². The minimum Gasteiger partial charge on any atom is -0.346 e. The van der Waals surface area contributed by atoms with Crippen LogP contribution in [-0.2, 0) is 0 Å². The van der Waals surface area contributed by atoms with E-state index in [4.69, 9.17) is 0 Å². The van der Waals surface area contributed by atoms with Crippen molar-refractivity contribution in [3.8, 4) is 0 Å². The summed E-state index contributed by atoms with van der Waals surface area (Å²) in [6, 6.07) is 0.201. The van der Waals surface area contributed by atoms with Crippen molar-refractivity contribution < 1.29 is 4.79 Å². The largest absolute Gasteiger partial charge is 0.346 e. The highest BCUT2D eigenvalue weighted by atomic mass is 16.2. The molecular weight excluding hydrogens is 206 g/mol. The fourth-order valence-corrected chi connectivity index (χ4v) is 2.24. The molecule has 0 aromatic carbocycles. The summed E-state index contributed by atoms with van der Waals surface area (Å²) >= 11 is 0. The van der Waals surface area contributed by atoms with Gasteiger partial charge in [0.15, 0.2) is 0 Å². The van der Waals surface area contributed by atoms with E-state index in [2.05, 4.69) is 39.8 Å². The van der Waals surface area contributed by atoms with Crippen LogP contribution in [0.2, 0.25) is 0 Å². The average molecular weight is 223 g/mol. The summed E-state index contributed by atoms with van der Waals surface area (Å²) in [5, 5.41) is 16.0. The van der Waals surface area contributed by atoms with Gasteiger partial charge < -0.3 is 5.32 Å². The first-order valence-corrected chi connectivity index (χ1v) is 5.64. The Morgan fingerprint density at radius 2 is 2.31 bits per heavy atom. The van der Waals surface area contributed by atoms with Gasteiger partial charge in [-0.2, -0.15) is 5.21 Å². The van der Waals surface area contributed by atoms with Gasteiger partial charge in [-0.25, -0.2) is 0 Å². The average Bonchev–Trinajstić information content (AvgIpc) is 2.74. The van der Waals surface area contributed by atoms with Gasteiger partial charge in [-0.15, -0.1) is 10.2 Å². The summed E-state index contributed by atoms with van der Waals surface area (Å²) in [6.45, 7) is 4.38. The van der Waals surface area contributed by atoms with Crippen molar-refractivity contribution in [1.82, 2.24) is 25.9 Å². The summed E-state index contributed by atoms with van der Waals surface area (Å²) in [4.78, 5) is 11.8. The number of H-pyrrole nitrogens is 1. The normalized spacial score (nSPS) is 24.0. The molecule has 6 heteroatoms. The van der Waals surface area contributed by atoms with Crippen LogP contribution in [0.3, 0.4) is 0 Å². The maximum absolute atomic E-state index is 11.8. The minimum atomic E-state index is -0.242. The molecule has 1 unspecified atom stereocenters. The maximum Gasteiger partial charge on any atom is 0.293 e. The molecule has 1 aliphatic rings. The third-order valence-electron chi connectivity index (χ3n) is 3.36. The van der Waals surface area contributed by atoms with E-state index in [0.717, 1.165) is 12.8 Å². The Morgan fingerprint density at radius 3 is 2.94 bits per heavy atom. The second-order valence-electron chi connectivity index (χ2n) is 5.00. The predicted molar refractivity (Wildman–Crippen MR) is 57.7 cm³/mol. The number of amides is 1. The quantitative estimate of drug-likeness (QED) is 0.780. The summed E-state index contributed by atoms with van der Waals surface area (Å²) in [6.07, 6.45) is 4.57. The van der Waals surface area contributed by atoms with Crippen molar-refractivity contribution in [2.45, 2.75) is 45.6 Å². The third-order valence-corrected chi connectivity index (χ3v) is 3.36. The van der Waals surface area contributed by atoms with Gasteiger partial charge in [-0.05, 0) is 23.5 Å². The third kappa shape index (κ3) is 2.20. The number of hydrogen-bond donors (Lipinski definition) is 2. The van der Waals surface area contributed by atoms with Crippen LogP contribution in [0, 0.1) is 5.41 Å². The van der Waals surface area contributed by atoms with E-state index in [1.165, 1.54) is 12.8 Å². The van der Waals surface area contributed by atoms with Crippen LogP contribution >= 0.6 is 0 Å². The Hall–Kier alpha value is -1.46. The van der Waals surface area contributed by atoms with Gasteiger partial charge >= 0.3 is 0 Å². The van der Waals surface area contributed by atoms with Gasteiger partial charge in [0.2, 0.25) is 0 Å². The van der Waals surface area contributed by atoms with Crippen LogP contribution in [0.4, 0.5) is 0 Å². The van der Waals surface area contributed by atoms with Crippen LogP contribution in [0.5, 0.6) is 0 Å². The van der Waals surface area contributed by atoms with E-state index in [1.807, 2.05) is 0 Å². The lowest BCUT2D eigenvalue weighted by molar-refractivity contribution is 0.0843. The van der Waals surface area contributed by atoms with Crippen LogP contribution in [-0.4, -0.2) is 32.6 Å².